The molecule has 94 valence electrons. The molecule has 0 amide bonds. The van der Waals surface area contributed by atoms with E-state index >= 15 is 0 Å². The minimum Gasteiger partial charge on any atom is -0.361 e. The molecule has 1 aromatic carbocycles. The first-order valence-corrected chi connectivity index (χ1v) is 5.19. The van der Waals surface area contributed by atoms with Gasteiger partial charge in [-0.1, -0.05) is 5.16 Å². The van der Waals surface area contributed by atoms with Crippen LogP contribution in [0.2, 0.25) is 0 Å². The Hall–Kier alpha value is -3.01. The maximum absolute atomic E-state index is 12.2. The van der Waals surface area contributed by atoms with Crippen molar-refractivity contribution < 1.29 is 14.2 Å². The van der Waals surface area contributed by atoms with Gasteiger partial charge in [-0.3, -0.25) is 14.9 Å². The summed E-state index contributed by atoms with van der Waals surface area (Å²) in [4.78, 5) is 22.4. The van der Waals surface area contributed by atoms with Crippen LogP contribution in [0, 0.1) is 28.4 Å². The lowest BCUT2D eigenvalue weighted by Gasteiger charge is -2.01. The first-order chi connectivity index (χ1) is 9.04. The van der Waals surface area contributed by atoms with Crippen LogP contribution in [0.5, 0.6) is 0 Å². The summed E-state index contributed by atoms with van der Waals surface area (Å²) in [5, 5.41) is 23.1. The fourth-order valence-corrected chi connectivity index (χ4v) is 1.61. The van der Waals surface area contributed by atoms with E-state index in [9.17, 15) is 14.9 Å². The number of benzene rings is 1. The molecule has 1 aromatic heterocycles. The molecule has 0 radical (unpaired) electrons. The molecule has 0 spiro atoms. The van der Waals surface area contributed by atoms with Gasteiger partial charge in [0.05, 0.1) is 28.3 Å². The highest BCUT2D eigenvalue weighted by Gasteiger charge is 2.24. The third-order valence-electron chi connectivity index (χ3n) is 2.56. The van der Waals surface area contributed by atoms with Crippen molar-refractivity contribution >= 4 is 11.5 Å². The Bertz CT molecular complexity index is 712. The molecule has 0 saturated heterocycles. The number of hydrogen-bond donors (Lipinski definition) is 0. The number of nitrogens with zero attached hydrogens (tertiary/aromatic N) is 3. The lowest BCUT2D eigenvalue weighted by atomic mass is 10.0. The zero-order valence-electron chi connectivity index (χ0n) is 9.78. The smallest absolute Gasteiger partial charge is 0.281 e. The highest BCUT2D eigenvalue weighted by molar-refractivity contribution is 6.11. The van der Waals surface area contributed by atoms with Crippen molar-refractivity contribution in [3.8, 4) is 6.07 Å². The quantitative estimate of drug-likeness (QED) is 0.472. The Morgan fingerprint density at radius 2 is 2.21 bits per heavy atom. The Morgan fingerprint density at radius 3 is 2.74 bits per heavy atom. The SMILES string of the molecule is Cc1oncc1C(=O)c1ccc(C#N)cc1[N+](=O)[O-]. The van der Waals surface area contributed by atoms with E-state index in [1.54, 1.807) is 6.07 Å². The standard InChI is InChI=1S/C12H7N3O4/c1-7-10(6-14-19-7)12(16)9-3-2-8(5-13)4-11(9)15(17)18/h2-4,6H,1H3. The van der Waals surface area contributed by atoms with Gasteiger partial charge in [-0.25, -0.2) is 0 Å². The maximum Gasteiger partial charge on any atom is 0.281 e. The first-order valence-electron chi connectivity index (χ1n) is 5.19. The van der Waals surface area contributed by atoms with Crippen molar-refractivity contribution in [2.45, 2.75) is 6.92 Å². The summed E-state index contributed by atoms with van der Waals surface area (Å²) in [5.41, 5.74) is -0.238. The predicted molar refractivity (Wildman–Crippen MR) is 62.5 cm³/mol. The summed E-state index contributed by atoms with van der Waals surface area (Å²) in [6.45, 7) is 1.54. The number of rotatable bonds is 3. The summed E-state index contributed by atoms with van der Waals surface area (Å²) in [7, 11) is 0. The molecule has 0 aliphatic carbocycles. The third-order valence-corrected chi connectivity index (χ3v) is 2.56. The maximum atomic E-state index is 12.2. The van der Waals surface area contributed by atoms with E-state index < -0.39 is 16.4 Å². The van der Waals surface area contributed by atoms with Crippen LogP contribution < -0.4 is 0 Å². The van der Waals surface area contributed by atoms with Crippen LogP contribution in [0.15, 0.2) is 28.9 Å². The average molecular weight is 257 g/mol. The molecule has 19 heavy (non-hydrogen) atoms. The molecule has 0 aliphatic rings. The molecule has 2 aromatic rings. The second-order valence-corrected chi connectivity index (χ2v) is 3.73. The summed E-state index contributed by atoms with van der Waals surface area (Å²) in [5.74, 6) is -0.279. The minimum absolute atomic E-state index is 0.102. The van der Waals surface area contributed by atoms with E-state index in [0.717, 1.165) is 6.07 Å². The fourth-order valence-electron chi connectivity index (χ4n) is 1.61. The van der Waals surface area contributed by atoms with Crippen LogP contribution in [0.3, 0.4) is 0 Å². The normalized spacial score (nSPS) is 9.89. The topological polar surface area (TPSA) is 110 Å². The van der Waals surface area contributed by atoms with Crippen LogP contribution in [0.1, 0.15) is 27.2 Å². The second kappa shape index (κ2) is 4.70. The number of aryl methyl sites for hydroxylation is 1. The second-order valence-electron chi connectivity index (χ2n) is 3.73. The van der Waals surface area contributed by atoms with Gasteiger partial charge < -0.3 is 4.52 Å². The molecular formula is C12H7N3O4. The van der Waals surface area contributed by atoms with Gasteiger partial charge in [-0.15, -0.1) is 0 Å². The summed E-state index contributed by atoms with van der Waals surface area (Å²) in [6.07, 6.45) is 1.21. The molecule has 0 unspecified atom stereocenters. The van der Waals surface area contributed by atoms with E-state index in [-0.39, 0.29) is 22.5 Å². The van der Waals surface area contributed by atoms with Gasteiger partial charge in [-0.2, -0.15) is 5.26 Å². The molecular weight excluding hydrogens is 250 g/mol. The highest BCUT2D eigenvalue weighted by atomic mass is 16.6. The third kappa shape index (κ3) is 2.19. The lowest BCUT2D eigenvalue weighted by molar-refractivity contribution is -0.385. The Morgan fingerprint density at radius 1 is 1.47 bits per heavy atom. The number of nitro benzene ring substituents is 1. The van der Waals surface area contributed by atoms with Gasteiger partial charge >= 0.3 is 0 Å². The number of nitro groups is 1. The molecule has 0 aliphatic heterocycles. The minimum atomic E-state index is -0.698. The molecule has 7 heteroatoms. The number of nitriles is 1. The van der Waals surface area contributed by atoms with E-state index in [1.165, 1.54) is 25.3 Å². The Kier molecular flexibility index (Phi) is 3.08. The van der Waals surface area contributed by atoms with Crippen LogP contribution in [-0.2, 0) is 0 Å². The van der Waals surface area contributed by atoms with E-state index in [1.807, 2.05) is 0 Å². The lowest BCUT2D eigenvalue weighted by Crippen LogP contribution is -2.06. The summed E-state index contributed by atoms with van der Waals surface area (Å²) < 4.78 is 4.76. The highest BCUT2D eigenvalue weighted by Crippen LogP contribution is 2.24. The molecule has 0 atom stereocenters. The molecule has 0 saturated carbocycles. The Labute approximate surface area is 107 Å². The van der Waals surface area contributed by atoms with Crippen molar-refractivity contribution in [1.82, 2.24) is 5.16 Å². The van der Waals surface area contributed by atoms with Gasteiger partial charge in [0.25, 0.3) is 5.69 Å². The number of aromatic nitrogens is 1. The molecule has 0 N–H and O–H groups in total. The first kappa shape index (κ1) is 12.4. The van der Waals surface area contributed by atoms with Crippen molar-refractivity contribution in [3.63, 3.8) is 0 Å². The van der Waals surface area contributed by atoms with Gasteiger partial charge in [0.15, 0.2) is 0 Å². The molecule has 7 nitrogen and oxygen atoms in total. The van der Waals surface area contributed by atoms with Crippen molar-refractivity contribution in [1.29, 1.82) is 5.26 Å². The molecule has 0 fully saturated rings. The summed E-state index contributed by atoms with van der Waals surface area (Å²) in [6, 6.07) is 5.46. The Balaban J connectivity index is 2.57. The zero-order chi connectivity index (χ0) is 14.0. The van der Waals surface area contributed by atoms with E-state index in [2.05, 4.69) is 5.16 Å². The largest absolute Gasteiger partial charge is 0.361 e. The van der Waals surface area contributed by atoms with Gasteiger partial charge in [0, 0.05) is 6.07 Å². The fraction of sp³-hybridized carbons (Fsp3) is 0.0833. The van der Waals surface area contributed by atoms with Gasteiger partial charge in [-0.05, 0) is 19.1 Å². The van der Waals surface area contributed by atoms with Gasteiger partial charge in [0.1, 0.15) is 11.3 Å². The molecule has 2 rings (SSSR count). The zero-order valence-corrected chi connectivity index (χ0v) is 9.78. The molecule has 1 heterocycles. The number of hydrogen-bond acceptors (Lipinski definition) is 6. The molecule has 0 bridgehead atoms. The predicted octanol–water partition coefficient (Wildman–Crippen LogP) is 1.99. The van der Waals surface area contributed by atoms with Crippen molar-refractivity contribution in [2.75, 3.05) is 0 Å². The van der Waals surface area contributed by atoms with Crippen LogP contribution >= 0.6 is 0 Å². The van der Waals surface area contributed by atoms with Gasteiger partial charge in [0.2, 0.25) is 5.78 Å². The van der Waals surface area contributed by atoms with Crippen molar-refractivity contribution in [2.24, 2.45) is 0 Å². The number of carbonyl (C=O) groups excluding carboxylic acids is 1. The summed E-state index contributed by atoms with van der Waals surface area (Å²) >= 11 is 0. The number of ketones is 1. The van der Waals surface area contributed by atoms with Crippen LogP contribution in [-0.4, -0.2) is 15.9 Å². The number of carbonyl (C=O) groups is 1. The monoisotopic (exact) mass is 257 g/mol. The van der Waals surface area contributed by atoms with Crippen LogP contribution in [0.4, 0.5) is 5.69 Å². The van der Waals surface area contributed by atoms with Crippen molar-refractivity contribution in [3.05, 3.63) is 57.0 Å². The van der Waals surface area contributed by atoms with E-state index in [0.29, 0.717) is 0 Å². The van der Waals surface area contributed by atoms with E-state index in [4.69, 9.17) is 9.78 Å². The average Bonchev–Trinajstić information content (AvgIpc) is 2.83. The van der Waals surface area contributed by atoms with Crippen LogP contribution in [0.25, 0.3) is 0 Å².